The van der Waals surface area contributed by atoms with Gasteiger partial charge in [0.25, 0.3) is 0 Å². The van der Waals surface area contributed by atoms with E-state index in [1.54, 1.807) is 0 Å². The highest BCUT2D eigenvalue weighted by atomic mass is 32.1. The van der Waals surface area contributed by atoms with Crippen molar-refractivity contribution in [2.45, 2.75) is 18.9 Å². The van der Waals surface area contributed by atoms with Crippen molar-refractivity contribution in [1.29, 1.82) is 0 Å². The highest BCUT2D eigenvalue weighted by Crippen LogP contribution is 2.32. The van der Waals surface area contributed by atoms with Crippen LogP contribution in [0.2, 0.25) is 0 Å². The van der Waals surface area contributed by atoms with Gasteiger partial charge >= 0.3 is 0 Å². The lowest BCUT2D eigenvalue weighted by Gasteiger charge is -2.33. The molecule has 2 atom stereocenters. The van der Waals surface area contributed by atoms with E-state index in [-0.39, 0.29) is 0 Å². The second-order valence-corrected chi connectivity index (χ2v) is 4.56. The molecule has 2 heterocycles. The molecule has 4 heteroatoms. The molecule has 2 rings (SSSR count). The first-order valence-corrected chi connectivity index (χ1v) is 4.96. The van der Waals surface area contributed by atoms with Gasteiger partial charge in [-0.15, -0.1) is 0 Å². The number of piperidine rings is 1. The maximum Gasteiger partial charge on any atom is 0.0254 e. The van der Waals surface area contributed by atoms with Crippen molar-refractivity contribution in [1.82, 2.24) is 8.61 Å². The van der Waals surface area contributed by atoms with Crippen LogP contribution < -0.4 is 0 Å². The average molecular weight is 190 g/mol. The molecule has 0 N–H and O–H groups in total. The van der Waals surface area contributed by atoms with Crippen LogP contribution in [0, 0.1) is 5.92 Å². The fourth-order valence-corrected chi connectivity index (χ4v) is 2.89. The number of rotatable bonds is 0. The van der Waals surface area contributed by atoms with Crippen LogP contribution >= 0.6 is 25.6 Å². The Morgan fingerprint density at radius 1 is 1.09 bits per heavy atom. The quantitative estimate of drug-likeness (QED) is 0.552. The molecule has 11 heavy (non-hydrogen) atoms. The first-order chi connectivity index (χ1) is 5.27. The summed E-state index contributed by atoms with van der Waals surface area (Å²) in [6.45, 7) is 3.41. The molecule has 0 bridgehead atoms. The van der Waals surface area contributed by atoms with Crippen LogP contribution in [0.3, 0.4) is 0 Å². The lowest BCUT2D eigenvalue weighted by atomic mass is 9.95. The Morgan fingerprint density at radius 2 is 1.91 bits per heavy atom. The smallest absolute Gasteiger partial charge is 0.0254 e. The second-order valence-electron chi connectivity index (χ2n) is 3.48. The molecule has 2 saturated heterocycles. The Morgan fingerprint density at radius 3 is 2.73 bits per heavy atom. The monoisotopic (exact) mass is 190 g/mol. The first-order valence-electron chi connectivity index (χ1n) is 4.16. The summed E-state index contributed by atoms with van der Waals surface area (Å²) in [7, 11) is 0. The maximum absolute atomic E-state index is 4.43. The van der Waals surface area contributed by atoms with E-state index in [0.717, 1.165) is 31.6 Å². The van der Waals surface area contributed by atoms with Crippen molar-refractivity contribution in [3.05, 3.63) is 0 Å². The molecule has 2 fully saturated rings. The predicted octanol–water partition coefficient (Wildman–Crippen LogP) is 1.07. The van der Waals surface area contributed by atoms with Gasteiger partial charge in [0.2, 0.25) is 0 Å². The number of thiol groups is 2. The van der Waals surface area contributed by atoms with E-state index < -0.39 is 0 Å². The molecular formula is C7H14N2S2. The summed E-state index contributed by atoms with van der Waals surface area (Å²) in [6.07, 6.45) is 2.53. The molecule has 0 radical (unpaired) electrons. The van der Waals surface area contributed by atoms with Crippen molar-refractivity contribution >= 4 is 25.6 Å². The minimum absolute atomic E-state index is 0.724. The lowest BCUT2D eigenvalue weighted by molar-refractivity contribution is 0.230. The summed E-state index contributed by atoms with van der Waals surface area (Å²) >= 11 is 8.80. The molecule has 2 aliphatic rings. The third-order valence-corrected chi connectivity index (χ3v) is 3.64. The van der Waals surface area contributed by atoms with Crippen LogP contribution in [0.5, 0.6) is 0 Å². The summed E-state index contributed by atoms with van der Waals surface area (Å²) < 4.78 is 4.33. The van der Waals surface area contributed by atoms with Gasteiger partial charge in [0.05, 0.1) is 0 Å². The summed E-state index contributed by atoms with van der Waals surface area (Å²) in [6, 6.07) is 0.724. The van der Waals surface area contributed by atoms with Crippen molar-refractivity contribution < 1.29 is 0 Å². The van der Waals surface area contributed by atoms with Gasteiger partial charge in [0, 0.05) is 25.7 Å². The predicted molar refractivity (Wildman–Crippen MR) is 52.8 cm³/mol. The number of nitrogens with zero attached hydrogens (tertiary/aromatic N) is 2. The maximum atomic E-state index is 4.43. The van der Waals surface area contributed by atoms with Crippen molar-refractivity contribution in [3.63, 3.8) is 0 Å². The molecule has 0 aromatic rings. The Labute approximate surface area is 79.0 Å². The Hall–Kier alpha value is 0.620. The molecule has 0 aromatic carbocycles. The zero-order valence-electron chi connectivity index (χ0n) is 6.48. The van der Waals surface area contributed by atoms with Crippen LogP contribution in [0.1, 0.15) is 12.8 Å². The lowest BCUT2D eigenvalue weighted by Crippen LogP contribution is -2.39. The van der Waals surface area contributed by atoms with Gasteiger partial charge in [0.15, 0.2) is 0 Å². The largest absolute Gasteiger partial charge is 0.253 e. The van der Waals surface area contributed by atoms with Gasteiger partial charge in [-0.3, -0.25) is 4.31 Å². The average Bonchev–Trinajstić information content (AvgIpc) is 2.32. The summed E-state index contributed by atoms with van der Waals surface area (Å²) in [4.78, 5) is 0. The van der Waals surface area contributed by atoms with Gasteiger partial charge in [0.1, 0.15) is 0 Å². The molecule has 0 aliphatic carbocycles. The van der Waals surface area contributed by atoms with Gasteiger partial charge < -0.3 is 0 Å². The number of hydrogen-bond acceptors (Lipinski definition) is 4. The highest BCUT2D eigenvalue weighted by Gasteiger charge is 2.36. The Kier molecular flexibility index (Phi) is 2.37. The molecule has 2 nitrogen and oxygen atoms in total. The summed E-state index contributed by atoms with van der Waals surface area (Å²) in [5, 5.41) is 0. The van der Waals surface area contributed by atoms with Gasteiger partial charge in [-0.2, -0.15) is 0 Å². The number of fused-ring (bicyclic) bond motifs is 1. The molecule has 0 spiro atoms. The third kappa shape index (κ3) is 1.54. The highest BCUT2D eigenvalue weighted by molar-refractivity contribution is 7.77. The van der Waals surface area contributed by atoms with Gasteiger partial charge in [-0.1, -0.05) is 25.6 Å². The van der Waals surface area contributed by atoms with Crippen LogP contribution in [0.25, 0.3) is 0 Å². The molecule has 0 amide bonds. The number of hydrogen-bond donors (Lipinski definition) is 2. The van der Waals surface area contributed by atoms with Gasteiger partial charge in [-0.05, 0) is 18.8 Å². The van der Waals surface area contributed by atoms with Crippen LogP contribution in [0.15, 0.2) is 0 Å². The fourth-order valence-electron chi connectivity index (χ4n) is 2.14. The zero-order chi connectivity index (χ0) is 7.84. The minimum Gasteiger partial charge on any atom is -0.253 e. The molecule has 64 valence electrons. The zero-order valence-corrected chi connectivity index (χ0v) is 8.27. The van der Waals surface area contributed by atoms with E-state index in [0.29, 0.717) is 0 Å². The van der Waals surface area contributed by atoms with E-state index in [4.69, 9.17) is 0 Å². The van der Waals surface area contributed by atoms with Gasteiger partial charge in [-0.25, -0.2) is 4.31 Å². The van der Waals surface area contributed by atoms with E-state index >= 15 is 0 Å². The SMILES string of the molecule is SN1CCC2C(CCN2S)C1. The van der Waals surface area contributed by atoms with E-state index in [2.05, 4.69) is 34.2 Å². The standard InChI is InChI=1S/C7H14N2S2/c10-8-3-2-7-6(5-8)1-4-9(7)11/h6-7,10-11H,1-5H2. The molecular weight excluding hydrogens is 176 g/mol. The van der Waals surface area contributed by atoms with Crippen molar-refractivity contribution in [3.8, 4) is 0 Å². The normalized spacial score (nSPS) is 40.9. The Balaban J connectivity index is 2.00. The topological polar surface area (TPSA) is 6.48 Å². The fraction of sp³-hybridized carbons (Fsp3) is 1.00. The first kappa shape index (κ1) is 8.23. The Bertz CT molecular complexity index is 153. The van der Waals surface area contributed by atoms with Crippen molar-refractivity contribution in [2.75, 3.05) is 19.6 Å². The molecule has 0 saturated carbocycles. The second kappa shape index (κ2) is 3.17. The van der Waals surface area contributed by atoms with Crippen molar-refractivity contribution in [2.24, 2.45) is 5.92 Å². The minimum atomic E-state index is 0.724. The summed E-state index contributed by atoms with van der Waals surface area (Å²) in [5.41, 5.74) is 0. The molecule has 2 unspecified atom stereocenters. The summed E-state index contributed by atoms with van der Waals surface area (Å²) in [5.74, 6) is 0.818. The van der Waals surface area contributed by atoms with Crippen LogP contribution in [0.4, 0.5) is 0 Å². The van der Waals surface area contributed by atoms with Crippen LogP contribution in [-0.2, 0) is 0 Å². The van der Waals surface area contributed by atoms with E-state index in [1.807, 2.05) is 0 Å². The van der Waals surface area contributed by atoms with Crippen LogP contribution in [-0.4, -0.2) is 34.3 Å². The molecule has 2 aliphatic heterocycles. The van der Waals surface area contributed by atoms with E-state index in [9.17, 15) is 0 Å². The molecule has 0 aromatic heterocycles. The third-order valence-electron chi connectivity index (χ3n) is 2.78. The van der Waals surface area contributed by atoms with E-state index in [1.165, 1.54) is 12.8 Å².